The summed E-state index contributed by atoms with van der Waals surface area (Å²) in [6.45, 7) is 2.13. The van der Waals surface area contributed by atoms with Gasteiger partial charge < -0.3 is 10.1 Å². The van der Waals surface area contributed by atoms with Crippen LogP contribution < -0.4 is 5.32 Å². The van der Waals surface area contributed by atoms with Gasteiger partial charge in [0.15, 0.2) is 0 Å². The smallest absolute Gasteiger partial charge is 0.246 e. The molecule has 0 bridgehead atoms. The van der Waals surface area contributed by atoms with E-state index in [1.54, 1.807) is 0 Å². The molecule has 0 aromatic heterocycles. The van der Waals surface area contributed by atoms with E-state index in [1.165, 1.54) is 0 Å². The fourth-order valence-corrected chi connectivity index (χ4v) is 1.51. The molecule has 1 amide bonds. The second-order valence-electron chi connectivity index (χ2n) is 2.85. The molecule has 0 saturated carbocycles. The number of hydrogen-bond donors (Lipinski definition) is 1. The molecule has 3 nitrogen and oxygen atoms in total. The van der Waals surface area contributed by atoms with E-state index in [4.69, 9.17) is 4.74 Å². The van der Waals surface area contributed by atoms with Crippen molar-refractivity contribution >= 4 is 28.5 Å². The summed E-state index contributed by atoms with van der Waals surface area (Å²) >= 11 is 2.26. The fourth-order valence-electron chi connectivity index (χ4n) is 1.20. The SMILES string of the molecule is O=C1NCCC/C1=C\COCCI. The maximum absolute atomic E-state index is 11.2. The summed E-state index contributed by atoms with van der Waals surface area (Å²) in [6.07, 6.45) is 3.82. The van der Waals surface area contributed by atoms with E-state index in [0.29, 0.717) is 6.61 Å². The first kappa shape index (κ1) is 11.0. The third-order valence-electron chi connectivity index (χ3n) is 1.87. The average molecular weight is 295 g/mol. The number of amides is 1. The minimum absolute atomic E-state index is 0.0734. The van der Waals surface area contributed by atoms with Gasteiger partial charge in [-0.1, -0.05) is 28.7 Å². The fraction of sp³-hybridized carbons (Fsp3) is 0.667. The molecule has 74 valence electrons. The first-order valence-electron chi connectivity index (χ1n) is 4.45. The molecule has 1 aliphatic rings. The van der Waals surface area contributed by atoms with Crippen molar-refractivity contribution in [1.29, 1.82) is 0 Å². The molecule has 13 heavy (non-hydrogen) atoms. The van der Waals surface area contributed by atoms with E-state index in [9.17, 15) is 4.79 Å². The monoisotopic (exact) mass is 295 g/mol. The van der Waals surface area contributed by atoms with E-state index in [2.05, 4.69) is 27.9 Å². The molecule has 0 radical (unpaired) electrons. The lowest BCUT2D eigenvalue weighted by Gasteiger charge is -2.14. The summed E-state index contributed by atoms with van der Waals surface area (Å²) in [5.41, 5.74) is 0.875. The van der Waals surface area contributed by atoms with Crippen LogP contribution in [-0.4, -0.2) is 30.1 Å². The number of nitrogens with one attached hydrogen (secondary N) is 1. The molecule has 4 heteroatoms. The van der Waals surface area contributed by atoms with Crippen molar-refractivity contribution in [1.82, 2.24) is 5.32 Å². The Morgan fingerprint density at radius 2 is 2.46 bits per heavy atom. The van der Waals surface area contributed by atoms with Crippen LogP contribution in [0.5, 0.6) is 0 Å². The highest BCUT2D eigenvalue weighted by atomic mass is 127. The quantitative estimate of drug-likeness (QED) is 0.367. The Hall–Kier alpha value is -0.100. The van der Waals surface area contributed by atoms with Gasteiger partial charge >= 0.3 is 0 Å². The number of halogens is 1. The molecular weight excluding hydrogens is 281 g/mol. The number of ether oxygens (including phenoxy) is 1. The lowest BCUT2D eigenvalue weighted by molar-refractivity contribution is -0.118. The third-order valence-corrected chi connectivity index (χ3v) is 2.31. The minimum atomic E-state index is 0.0734. The highest BCUT2D eigenvalue weighted by Gasteiger charge is 2.12. The zero-order valence-corrected chi connectivity index (χ0v) is 9.67. The van der Waals surface area contributed by atoms with Gasteiger partial charge in [0.25, 0.3) is 0 Å². The van der Waals surface area contributed by atoms with Gasteiger partial charge in [0.2, 0.25) is 5.91 Å². The van der Waals surface area contributed by atoms with Gasteiger partial charge in [-0.25, -0.2) is 0 Å². The van der Waals surface area contributed by atoms with Crippen molar-refractivity contribution in [2.24, 2.45) is 0 Å². The Balaban J connectivity index is 2.27. The molecular formula is C9H14INO2. The highest BCUT2D eigenvalue weighted by Crippen LogP contribution is 2.09. The van der Waals surface area contributed by atoms with Crippen LogP contribution in [0.25, 0.3) is 0 Å². The Kier molecular flexibility index (Phi) is 5.38. The van der Waals surface area contributed by atoms with Gasteiger partial charge in [0, 0.05) is 16.5 Å². The number of carbonyl (C=O) groups excluding carboxylic acids is 1. The van der Waals surface area contributed by atoms with E-state index in [-0.39, 0.29) is 5.91 Å². The van der Waals surface area contributed by atoms with Crippen LogP contribution >= 0.6 is 22.6 Å². The lowest BCUT2D eigenvalue weighted by atomic mass is 10.1. The Morgan fingerprint density at radius 1 is 1.62 bits per heavy atom. The predicted molar refractivity (Wildman–Crippen MR) is 60.0 cm³/mol. The molecule has 0 aliphatic carbocycles. The lowest BCUT2D eigenvalue weighted by Crippen LogP contribution is -2.30. The van der Waals surface area contributed by atoms with Crippen LogP contribution in [0.15, 0.2) is 11.6 Å². The van der Waals surface area contributed by atoms with Crippen molar-refractivity contribution in [3.05, 3.63) is 11.6 Å². The van der Waals surface area contributed by atoms with Gasteiger partial charge in [-0.15, -0.1) is 0 Å². The van der Waals surface area contributed by atoms with Gasteiger partial charge in [-0.2, -0.15) is 0 Å². The average Bonchev–Trinajstić information content (AvgIpc) is 2.15. The molecule has 1 N–H and O–H groups in total. The summed E-state index contributed by atoms with van der Waals surface area (Å²) in [5, 5.41) is 2.81. The summed E-state index contributed by atoms with van der Waals surface area (Å²) in [6, 6.07) is 0. The zero-order chi connectivity index (χ0) is 9.52. The van der Waals surface area contributed by atoms with Gasteiger partial charge in [-0.3, -0.25) is 4.79 Å². The second-order valence-corrected chi connectivity index (χ2v) is 3.93. The van der Waals surface area contributed by atoms with Crippen molar-refractivity contribution in [2.45, 2.75) is 12.8 Å². The van der Waals surface area contributed by atoms with Crippen molar-refractivity contribution in [3.8, 4) is 0 Å². The number of rotatable bonds is 4. The summed E-state index contributed by atoms with van der Waals surface area (Å²) in [5.74, 6) is 0.0734. The van der Waals surface area contributed by atoms with Gasteiger partial charge in [0.1, 0.15) is 0 Å². The van der Waals surface area contributed by atoms with Crippen LogP contribution in [0.1, 0.15) is 12.8 Å². The van der Waals surface area contributed by atoms with Crippen molar-refractivity contribution in [3.63, 3.8) is 0 Å². The van der Waals surface area contributed by atoms with E-state index >= 15 is 0 Å². The third kappa shape index (κ3) is 4.08. The summed E-state index contributed by atoms with van der Waals surface area (Å²) in [7, 11) is 0. The summed E-state index contributed by atoms with van der Waals surface area (Å²) < 4.78 is 6.26. The molecule has 1 aliphatic heterocycles. The second kappa shape index (κ2) is 6.37. The molecule has 0 aromatic rings. The number of carbonyl (C=O) groups is 1. The molecule has 1 saturated heterocycles. The minimum Gasteiger partial charge on any atom is -0.377 e. The predicted octanol–water partition coefficient (Wildman–Crippen LogP) is 1.27. The molecule has 1 fully saturated rings. The normalized spacial score (nSPS) is 20.4. The zero-order valence-electron chi connectivity index (χ0n) is 7.51. The van der Waals surface area contributed by atoms with Crippen LogP contribution in [0.3, 0.4) is 0 Å². The number of alkyl halides is 1. The highest BCUT2D eigenvalue weighted by molar-refractivity contribution is 14.1. The molecule has 0 atom stereocenters. The Labute approximate surface area is 92.1 Å². The van der Waals surface area contributed by atoms with Gasteiger partial charge in [0.05, 0.1) is 13.2 Å². The molecule has 0 aromatic carbocycles. The Bertz CT molecular complexity index is 204. The molecule has 0 unspecified atom stereocenters. The number of piperidine rings is 1. The van der Waals surface area contributed by atoms with Crippen LogP contribution in [0.2, 0.25) is 0 Å². The standard InChI is InChI=1S/C9H14INO2/c10-4-7-13-6-3-8-2-1-5-11-9(8)12/h3H,1-2,4-7H2,(H,11,12)/b8-3+. The van der Waals surface area contributed by atoms with E-state index < -0.39 is 0 Å². The molecule has 0 spiro atoms. The van der Waals surface area contributed by atoms with E-state index in [0.717, 1.165) is 36.0 Å². The van der Waals surface area contributed by atoms with Crippen molar-refractivity contribution < 1.29 is 9.53 Å². The number of hydrogen-bond acceptors (Lipinski definition) is 2. The van der Waals surface area contributed by atoms with E-state index in [1.807, 2.05) is 6.08 Å². The first-order chi connectivity index (χ1) is 6.34. The topological polar surface area (TPSA) is 38.3 Å². The van der Waals surface area contributed by atoms with Crippen molar-refractivity contribution in [2.75, 3.05) is 24.2 Å². The first-order valence-corrected chi connectivity index (χ1v) is 5.98. The van der Waals surface area contributed by atoms with Crippen LogP contribution in [0.4, 0.5) is 0 Å². The maximum atomic E-state index is 11.2. The molecule has 1 rings (SSSR count). The largest absolute Gasteiger partial charge is 0.377 e. The molecule has 1 heterocycles. The maximum Gasteiger partial charge on any atom is 0.246 e. The Morgan fingerprint density at radius 3 is 3.15 bits per heavy atom. The van der Waals surface area contributed by atoms with Gasteiger partial charge in [-0.05, 0) is 12.8 Å². The summed E-state index contributed by atoms with van der Waals surface area (Å²) in [4.78, 5) is 11.2. The van der Waals surface area contributed by atoms with Crippen LogP contribution in [-0.2, 0) is 9.53 Å². The van der Waals surface area contributed by atoms with Crippen LogP contribution in [0, 0.1) is 0 Å².